The third kappa shape index (κ3) is 7.24. The zero-order valence-electron chi connectivity index (χ0n) is 14.2. The van der Waals surface area contributed by atoms with Gasteiger partial charge in [-0.05, 0) is 75.5 Å². The molecule has 1 fully saturated rings. The van der Waals surface area contributed by atoms with Crippen molar-refractivity contribution in [1.82, 2.24) is 4.90 Å². The Balaban J connectivity index is 0.00000264. The number of unbranched alkanes of at least 4 members (excludes halogenated alkanes) is 2. The zero-order chi connectivity index (χ0) is 15.6. The maximum absolute atomic E-state index is 8.77. The highest BCUT2D eigenvalue weighted by Gasteiger charge is 2.18. The maximum Gasteiger partial charge on any atom is 0.119 e. The third-order valence-electron chi connectivity index (χ3n) is 4.56. The lowest BCUT2D eigenvalue weighted by molar-refractivity contribution is 0.161. The number of hydrogen-bond donors (Lipinski definition) is 0. The number of likely N-dealkylation sites (tertiary alicyclic amines) is 1. The second-order valence-corrected chi connectivity index (χ2v) is 6.27. The molecule has 4 heteroatoms. The van der Waals surface area contributed by atoms with Crippen LogP contribution in [-0.4, -0.2) is 31.1 Å². The van der Waals surface area contributed by atoms with Crippen molar-refractivity contribution in [2.45, 2.75) is 45.4 Å². The fourth-order valence-electron chi connectivity index (χ4n) is 3.05. The zero-order valence-corrected chi connectivity index (χ0v) is 15.0. The molecule has 0 spiro atoms. The van der Waals surface area contributed by atoms with E-state index in [9.17, 15) is 0 Å². The average molecular weight is 337 g/mol. The van der Waals surface area contributed by atoms with Gasteiger partial charge in [0.25, 0.3) is 0 Å². The van der Waals surface area contributed by atoms with Crippen LogP contribution in [0.1, 0.15) is 51.0 Å². The molecule has 0 unspecified atom stereocenters. The lowest BCUT2D eigenvalue weighted by Gasteiger charge is -2.31. The number of ether oxygens (including phenoxy) is 1. The smallest absolute Gasteiger partial charge is 0.119 e. The van der Waals surface area contributed by atoms with Crippen molar-refractivity contribution in [3.63, 3.8) is 0 Å². The number of piperidine rings is 1. The van der Waals surface area contributed by atoms with Gasteiger partial charge in [-0.1, -0.05) is 19.8 Å². The predicted molar refractivity (Wildman–Crippen MR) is 97.2 cm³/mol. The molecule has 23 heavy (non-hydrogen) atoms. The summed E-state index contributed by atoms with van der Waals surface area (Å²) in [6.07, 6.45) is 7.78. The molecule has 1 aliphatic rings. The number of nitriles is 1. The molecule has 0 radical (unpaired) electrons. The lowest BCUT2D eigenvalue weighted by atomic mass is 9.94. The summed E-state index contributed by atoms with van der Waals surface area (Å²) in [5, 5.41) is 8.77. The summed E-state index contributed by atoms with van der Waals surface area (Å²) >= 11 is 0. The topological polar surface area (TPSA) is 36.3 Å². The van der Waals surface area contributed by atoms with Gasteiger partial charge in [0.05, 0.1) is 18.2 Å². The Morgan fingerprint density at radius 3 is 2.48 bits per heavy atom. The van der Waals surface area contributed by atoms with Crippen LogP contribution >= 0.6 is 12.4 Å². The fraction of sp³-hybridized carbons (Fsp3) is 0.632. The van der Waals surface area contributed by atoms with E-state index in [0.717, 1.165) is 24.7 Å². The van der Waals surface area contributed by atoms with Gasteiger partial charge in [-0.25, -0.2) is 0 Å². The van der Waals surface area contributed by atoms with Gasteiger partial charge in [0.1, 0.15) is 5.75 Å². The van der Waals surface area contributed by atoms with Crippen LogP contribution in [0, 0.1) is 17.2 Å². The SMILES string of the molecule is CCCCCN1CCC(CCOc2ccc(C#N)cc2)CC1.Cl. The molecule has 0 atom stereocenters. The molecule has 2 rings (SSSR count). The molecule has 1 aromatic rings. The minimum absolute atomic E-state index is 0. The van der Waals surface area contributed by atoms with Gasteiger partial charge in [-0.2, -0.15) is 5.26 Å². The van der Waals surface area contributed by atoms with Gasteiger partial charge in [0, 0.05) is 0 Å². The molecule has 0 saturated carbocycles. The van der Waals surface area contributed by atoms with Gasteiger partial charge in [0.2, 0.25) is 0 Å². The number of benzene rings is 1. The fourth-order valence-corrected chi connectivity index (χ4v) is 3.05. The Hall–Kier alpha value is -1.24. The standard InChI is InChI=1S/C19H28N2O.ClH/c1-2-3-4-12-21-13-9-17(10-14-21)11-15-22-19-7-5-18(16-20)6-8-19;/h5-8,17H,2-4,9-15H2,1H3;1H. The van der Waals surface area contributed by atoms with E-state index in [4.69, 9.17) is 10.00 Å². The number of rotatable bonds is 8. The summed E-state index contributed by atoms with van der Waals surface area (Å²) < 4.78 is 5.79. The molecule has 1 aromatic carbocycles. The summed E-state index contributed by atoms with van der Waals surface area (Å²) in [5.74, 6) is 1.68. The normalized spacial score (nSPS) is 15.7. The summed E-state index contributed by atoms with van der Waals surface area (Å²) in [4.78, 5) is 2.62. The Morgan fingerprint density at radius 1 is 1.17 bits per heavy atom. The molecule has 0 N–H and O–H groups in total. The van der Waals surface area contributed by atoms with Gasteiger partial charge in [0.15, 0.2) is 0 Å². The van der Waals surface area contributed by atoms with E-state index in [1.54, 1.807) is 0 Å². The first-order valence-electron chi connectivity index (χ1n) is 8.67. The Morgan fingerprint density at radius 2 is 1.87 bits per heavy atom. The van der Waals surface area contributed by atoms with E-state index in [2.05, 4.69) is 17.9 Å². The van der Waals surface area contributed by atoms with E-state index in [1.807, 2.05) is 24.3 Å². The van der Waals surface area contributed by atoms with Crippen LogP contribution in [0.5, 0.6) is 5.75 Å². The highest BCUT2D eigenvalue weighted by atomic mass is 35.5. The lowest BCUT2D eigenvalue weighted by Crippen LogP contribution is -2.34. The quantitative estimate of drug-likeness (QED) is 0.648. The molecule has 0 aliphatic carbocycles. The van der Waals surface area contributed by atoms with Crippen molar-refractivity contribution in [2.24, 2.45) is 5.92 Å². The van der Waals surface area contributed by atoms with E-state index in [0.29, 0.717) is 5.56 Å². The molecule has 1 saturated heterocycles. The van der Waals surface area contributed by atoms with E-state index in [-0.39, 0.29) is 12.4 Å². The van der Waals surface area contributed by atoms with Crippen LogP contribution in [0.4, 0.5) is 0 Å². The molecule has 1 heterocycles. The van der Waals surface area contributed by atoms with Crippen molar-refractivity contribution in [1.29, 1.82) is 5.26 Å². The van der Waals surface area contributed by atoms with Crippen molar-refractivity contribution in [3.05, 3.63) is 29.8 Å². The van der Waals surface area contributed by atoms with Crippen LogP contribution < -0.4 is 4.74 Å². The highest BCUT2D eigenvalue weighted by molar-refractivity contribution is 5.85. The van der Waals surface area contributed by atoms with Crippen molar-refractivity contribution >= 4 is 12.4 Å². The molecule has 0 aromatic heterocycles. The predicted octanol–water partition coefficient (Wildman–Crippen LogP) is 4.65. The average Bonchev–Trinajstić information content (AvgIpc) is 2.57. The molecule has 0 amide bonds. The second kappa shape index (κ2) is 11.3. The number of halogens is 1. The van der Waals surface area contributed by atoms with Crippen molar-refractivity contribution in [2.75, 3.05) is 26.2 Å². The summed E-state index contributed by atoms with van der Waals surface area (Å²) in [6.45, 7) is 6.84. The van der Waals surface area contributed by atoms with Crippen LogP contribution in [0.3, 0.4) is 0 Å². The maximum atomic E-state index is 8.77. The van der Waals surface area contributed by atoms with Crippen molar-refractivity contribution < 1.29 is 4.74 Å². The first-order chi connectivity index (χ1) is 10.8. The number of nitrogens with zero attached hydrogens (tertiary/aromatic N) is 2. The number of hydrogen-bond acceptors (Lipinski definition) is 3. The molecule has 0 bridgehead atoms. The minimum Gasteiger partial charge on any atom is -0.494 e. The van der Waals surface area contributed by atoms with Crippen LogP contribution in [0.15, 0.2) is 24.3 Å². The largest absolute Gasteiger partial charge is 0.494 e. The van der Waals surface area contributed by atoms with Crippen LogP contribution in [-0.2, 0) is 0 Å². The molecule has 1 aliphatic heterocycles. The molecular formula is C19H29ClN2O. The molecule has 128 valence electrons. The van der Waals surface area contributed by atoms with Crippen LogP contribution in [0.25, 0.3) is 0 Å². The summed E-state index contributed by atoms with van der Waals surface area (Å²) in [6, 6.07) is 9.51. The Labute approximate surface area is 147 Å². The first kappa shape index (κ1) is 19.8. The third-order valence-corrected chi connectivity index (χ3v) is 4.56. The van der Waals surface area contributed by atoms with E-state index < -0.39 is 0 Å². The van der Waals surface area contributed by atoms with Crippen LogP contribution in [0.2, 0.25) is 0 Å². The van der Waals surface area contributed by atoms with E-state index in [1.165, 1.54) is 51.7 Å². The summed E-state index contributed by atoms with van der Waals surface area (Å²) in [7, 11) is 0. The molecule has 3 nitrogen and oxygen atoms in total. The van der Waals surface area contributed by atoms with E-state index >= 15 is 0 Å². The monoisotopic (exact) mass is 336 g/mol. The van der Waals surface area contributed by atoms with Gasteiger partial charge in [-0.15, -0.1) is 12.4 Å². The minimum atomic E-state index is 0. The second-order valence-electron chi connectivity index (χ2n) is 6.27. The van der Waals surface area contributed by atoms with Crippen molar-refractivity contribution in [3.8, 4) is 11.8 Å². The Kier molecular flexibility index (Phi) is 9.75. The Bertz CT molecular complexity index is 461. The summed E-state index contributed by atoms with van der Waals surface area (Å²) in [5.41, 5.74) is 0.683. The first-order valence-corrected chi connectivity index (χ1v) is 8.67. The molecular weight excluding hydrogens is 308 g/mol. The van der Waals surface area contributed by atoms with Gasteiger partial charge in [-0.3, -0.25) is 0 Å². The highest BCUT2D eigenvalue weighted by Crippen LogP contribution is 2.21. The van der Waals surface area contributed by atoms with Gasteiger partial charge < -0.3 is 9.64 Å². The van der Waals surface area contributed by atoms with Gasteiger partial charge >= 0.3 is 0 Å².